The highest BCUT2D eigenvalue weighted by Crippen LogP contribution is 2.08. The summed E-state index contributed by atoms with van der Waals surface area (Å²) in [7, 11) is 0. The lowest BCUT2D eigenvalue weighted by Gasteiger charge is -1.98. The van der Waals surface area contributed by atoms with Gasteiger partial charge in [0.05, 0.1) is 0 Å². The van der Waals surface area contributed by atoms with Crippen LogP contribution in [-0.4, -0.2) is 22.2 Å². The van der Waals surface area contributed by atoms with E-state index in [9.17, 15) is 9.59 Å². The molecule has 0 spiro atoms. The molecule has 0 heterocycles. The molecule has 0 aliphatic carbocycles. The molecule has 0 rings (SSSR count). The minimum atomic E-state index is -0.918. The molecule has 140 valence electrons. The second-order valence-electron chi connectivity index (χ2n) is 6.03. The van der Waals surface area contributed by atoms with Gasteiger partial charge in [-0.25, -0.2) is 4.79 Å². The Hall–Kier alpha value is -2.10. The zero-order chi connectivity index (χ0) is 18.8. The summed E-state index contributed by atoms with van der Waals surface area (Å²) in [6.45, 7) is 3.49. The normalized spacial score (nSPS) is 11.7. The third-order valence-corrected chi connectivity index (χ3v) is 3.72. The highest BCUT2D eigenvalue weighted by Gasteiger charge is 2.00. The van der Waals surface area contributed by atoms with Gasteiger partial charge in [0.1, 0.15) is 0 Å². The van der Waals surface area contributed by atoms with Gasteiger partial charge in [0.2, 0.25) is 0 Å². The van der Waals surface area contributed by atoms with Crippen molar-refractivity contribution < 1.29 is 19.8 Å². The van der Waals surface area contributed by atoms with Crippen LogP contribution in [0.5, 0.6) is 0 Å². The molecule has 0 aromatic heterocycles. The van der Waals surface area contributed by atoms with Crippen LogP contribution >= 0.6 is 0 Å². The van der Waals surface area contributed by atoms with Crippen molar-refractivity contribution in [1.82, 2.24) is 0 Å². The molecule has 0 unspecified atom stereocenters. The van der Waals surface area contributed by atoms with Crippen LogP contribution in [0.4, 0.5) is 0 Å². The first-order chi connectivity index (χ1) is 12.0. The molecular weight excluding hydrogens is 316 g/mol. The largest absolute Gasteiger partial charge is 0.481 e. The van der Waals surface area contributed by atoms with Crippen LogP contribution in [0.25, 0.3) is 0 Å². The van der Waals surface area contributed by atoms with Crippen molar-refractivity contribution in [3.63, 3.8) is 0 Å². The summed E-state index contributed by atoms with van der Waals surface area (Å²) < 4.78 is 0. The molecule has 0 saturated carbocycles. The summed E-state index contributed by atoms with van der Waals surface area (Å²) in [5.74, 6) is -1.62. The minimum absolute atomic E-state index is 0.255. The van der Waals surface area contributed by atoms with E-state index in [4.69, 9.17) is 10.2 Å². The summed E-state index contributed by atoms with van der Waals surface area (Å²) in [5.41, 5.74) is 0.255. The predicted octanol–water partition coefficient (Wildman–Crippen LogP) is 5.67. The molecule has 0 aliphatic rings. The fourth-order valence-electron chi connectivity index (χ4n) is 2.21. The number of hydrogen-bond acceptors (Lipinski definition) is 2. The SMILES string of the molecule is C=C(CC/C=C\C/C=C\C/C=C\CCCCCCCC(=O)O)C(=O)O. The third kappa shape index (κ3) is 18.1. The topological polar surface area (TPSA) is 74.6 Å². The van der Waals surface area contributed by atoms with E-state index in [1.54, 1.807) is 0 Å². The van der Waals surface area contributed by atoms with Crippen LogP contribution < -0.4 is 0 Å². The Morgan fingerprint density at radius 2 is 1.20 bits per heavy atom. The first-order valence-electron chi connectivity index (χ1n) is 9.12. The lowest BCUT2D eigenvalue weighted by molar-refractivity contribution is -0.137. The highest BCUT2D eigenvalue weighted by molar-refractivity contribution is 5.85. The van der Waals surface area contributed by atoms with Crippen LogP contribution in [0.2, 0.25) is 0 Å². The van der Waals surface area contributed by atoms with Crippen LogP contribution in [0.3, 0.4) is 0 Å². The summed E-state index contributed by atoms with van der Waals surface area (Å²) in [6, 6.07) is 0. The molecule has 0 bridgehead atoms. The molecule has 0 amide bonds. The molecule has 0 radical (unpaired) electrons. The number of aliphatic carboxylic acids is 2. The summed E-state index contributed by atoms with van der Waals surface area (Å²) in [5, 5.41) is 17.2. The lowest BCUT2D eigenvalue weighted by Crippen LogP contribution is -1.97. The van der Waals surface area contributed by atoms with Gasteiger partial charge in [0.25, 0.3) is 0 Å². The van der Waals surface area contributed by atoms with Gasteiger partial charge in [-0.1, -0.05) is 62.3 Å². The van der Waals surface area contributed by atoms with Gasteiger partial charge in [0, 0.05) is 12.0 Å². The molecule has 0 fully saturated rings. The Labute approximate surface area is 151 Å². The van der Waals surface area contributed by atoms with Gasteiger partial charge in [-0.3, -0.25) is 4.79 Å². The standard InChI is InChI=1S/C21H32O4/c1-19(21(24)25)17-15-13-11-9-7-5-3-2-4-6-8-10-12-14-16-18-20(22)23/h2,4-5,7,11,13H,1,3,6,8-10,12,14-18H2,(H,22,23)(H,24,25)/b4-2-,7-5-,13-11-. The third-order valence-electron chi connectivity index (χ3n) is 3.72. The quantitative estimate of drug-likeness (QED) is 0.214. The zero-order valence-corrected chi connectivity index (χ0v) is 15.2. The van der Waals surface area contributed by atoms with Crippen molar-refractivity contribution in [1.29, 1.82) is 0 Å². The molecule has 0 aromatic carbocycles. The van der Waals surface area contributed by atoms with Crippen LogP contribution in [0.1, 0.15) is 70.6 Å². The van der Waals surface area contributed by atoms with Crippen molar-refractivity contribution in [3.05, 3.63) is 48.6 Å². The van der Waals surface area contributed by atoms with Crippen LogP contribution in [0.15, 0.2) is 48.6 Å². The van der Waals surface area contributed by atoms with Crippen molar-refractivity contribution in [3.8, 4) is 0 Å². The predicted molar refractivity (Wildman–Crippen MR) is 103 cm³/mol. The maximum Gasteiger partial charge on any atom is 0.330 e. The van der Waals surface area contributed by atoms with Gasteiger partial charge in [-0.2, -0.15) is 0 Å². The van der Waals surface area contributed by atoms with Gasteiger partial charge >= 0.3 is 11.9 Å². The maximum atomic E-state index is 10.6. The van der Waals surface area contributed by atoms with Crippen molar-refractivity contribution >= 4 is 11.9 Å². The van der Waals surface area contributed by atoms with Gasteiger partial charge in [-0.05, 0) is 44.9 Å². The Morgan fingerprint density at radius 1 is 0.680 bits per heavy atom. The van der Waals surface area contributed by atoms with E-state index in [0.29, 0.717) is 12.8 Å². The monoisotopic (exact) mass is 348 g/mol. The Kier molecular flexibility index (Phi) is 15.3. The number of carboxylic acids is 2. The average Bonchev–Trinajstić information content (AvgIpc) is 2.57. The maximum absolute atomic E-state index is 10.6. The smallest absolute Gasteiger partial charge is 0.330 e. The van der Waals surface area contributed by atoms with Crippen molar-refractivity contribution in [2.75, 3.05) is 0 Å². The van der Waals surface area contributed by atoms with Gasteiger partial charge in [-0.15, -0.1) is 0 Å². The Balaban J connectivity index is 3.41. The summed E-state index contributed by atoms with van der Waals surface area (Å²) >= 11 is 0. The molecule has 2 N–H and O–H groups in total. The van der Waals surface area contributed by atoms with E-state index in [2.05, 4.69) is 30.9 Å². The molecule has 4 heteroatoms. The van der Waals surface area contributed by atoms with E-state index in [-0.39, 0.29) is 5.57 Å². The Morgan fingerprint density at radius 3 is 1.80 bits per heavy atom. The second kappa shape index (κ2) is 16.7. The highest BCUT2D eigenvalue weighted by atomic mass is 16.4. The number of rotatable bonds is 16. The van der Waals surface area contributed by atoms with E-state index in [1.807, 2.05) is 12.2 Å². The zero-order valence-electron chi connectivity index (χ0n) is 15.2. The van der Waals surface area contributed by atoms with E-state index in [0.717, 1.165) is 51.4 Å². The fraction of sp³-hybridized carbons (Fsp3) is 0.524. The second-order valence-corrected chi connectivity index (χ2v) is 6.03. The van der Waals surface area contributed by atoms with Crippen molar-refractivity contribution in [2.24, 2.45) is 0 Å². The summed E-state index contributed by atoms with van der Waals surface area (Å²) in [6.07, 6.45) is 22.3. The number of allylic oxidation sites excluding steroid dienone is 6. The van der Waals surface area contributed by atoms with Crippen LogP contribution in [-0.2, 0) is 9.59 Å². The molecule has 0 atom stereocenters. The summed E-state index contributed by atoms with van der Waals surface area (Å²) in [4.78, 5) is 20.9. The van der Waals surface area contributed by atoms with E-state index < -0.39 is 11.9 Å². The Bertz CT molecular complexity index is 472. The first-order valence-corrected chi connectivity index (χ1v) is 9.12. The fourth-order valence-corrected chi connectivity index (χ4v) is 2.21. The minimum Gasteiger partial charge on any atom is -0.481 e. The molecule has 4 nitrogen and oxygen atoms in total. The lowest BCUT2D eigenvalue weighted by atomic mass is 10.1. The van der Waals surface area contributed by atoms with E-state index >= 15 is 0 Å². The molecule has 0 aliphatic heterocycles. The number of hydrogen-bond donors (Lipinski definition) is 2. The van der Waals surface area contributed by atoms with E-state index in [1.165, 1.54) is 6.42 Å². The number of carbonyl (C=O) groups is 2. The van der Waals surface area contributed by atoms with Gasteiger partial charge < -0.3 is 10.2 Å². The molecule has 0 saturated heterocycles. The van der Waals surface area contributed by atoms with Crippen LogP contribution in [0, 0.1) is 0 Å². The molecule has 0 aromatic rings. The first kappa shape index (κ1) is 22.9. The number of unbranched alkanes of at least 4 members (excludes halogenated alkanes) is 5. The number of carboxylic acid groups (broad SMARTS) is 2. The molecule has 25 heavy (non-hydrogen) atoms. The van der Waals surface area contributed by atoms with Crippen molar-refractivity contribution in [2.45, 2.75) is 70.6 Å². The average molecular weight is 348 g/mol. The van der Waals surface area contributed by atoms with Gasteiger partial charge in [0.15, 0.2) is 0 Å². The molecular formula is C21H32O4.